The monoisotopic (exact) mass is 352 g/mol. The van der Waals surface area contributed by atoms with Crippen LogP contribution >= 0.6 is 34.4 Å². The summed E-state index contributed by atoms with van der Waals surface area (Å²) in [7, 11) is 0. The number of nitrogens with one attached hydrogen (secondary N) is 1. The van der Waals surface area contributed by atoms with Gasteiger partial charge in [-0.05, 0) is 47.3 Å². The van der Waals surface area contributed by atoms with Gasteiger partial charge in [0.15, 0.2) is 0 Å². The molecule has 1 unspecified atom stereocenters. The minimum Gasteiger partial charge on any atom is -0.397 e. The van der Waals surface area contributed by atoms with Crippen molar-refractivity contribution < 1.29 is 4.39 Å². The lowest BCUT2D eigenvalue weighted by Gasteiger charge is -2.24. The number of nitrogen functional groups attached to an aromatic ring is 1. The summed E-state index contributed by atoms with van der Waals surface area (Å²) in [6, 6.07) is 3.59. The minimum atomic E-state index is -0.208. The predicted molar refractivity (Wildman–Crippen MR) is 77.5 cm³/mol. The van der Waals surface area contributed by atoms with Crippen molar-refractivity contribution in [2.45, 2.75) is 18.9 Å². The summed E-state index contributed by atoms with van der Waals surface area (Å²) in [4.78, 5) is 0. The van der Waals surface area contributed by atoms with E-state index in [2.05, 4.69) is 5.32 Å². The molecule has 1 heterocycles. The van der Waals surface area contributed by atoms with Crippen LogP contribution in [0.2, 0.25) is 0 Å². The Kier molecular flexibility index (Phi) is 4.18. The van der Waals surface area contributed by atoms with Crippen LogP contribution in [0.4, 0.5) is 15.8 Å². The summed E-state index contributed by atoms with van der Waals surface area (Å²) >= 11 is 3.89. The molecule has 1 aliphatic heterocycles. The van der Waals surface area contributed by atoms with E-state index in [9.17, 15) is 4.39 Å². The lowest BCUT2D eigenvalue weighted by Crippen LogP contribution is -2.26. The van der Waals surface area contributed by atoms with Gasteiger partial charge in [-0.2, -0.15) is 11.8 Å². The van der Waals surface area contributed by atoms with Crippen molar-refractivity contribution >= 4 is 45.7 Å². The molecular formula is C11H14FIN2S. The number of hydrogen-bond donors (Lipinski definition) is 2. The highest BCUT2D eigenvalue weighted by Crippen LogP contribution is 2.27. The largest absolute Gasteiger partial charge is 0.397 e. The minimum absolute atomic E-state index is 0.208. The molecule has 0 aliphatic carbocycles. The first-order chi connectivity index (χ1) is 7.66. The van der Waals surface area contributed by atoms with Crippen molar-refractivity contribution in [1.82, 2.24) is 0 Å². The second-order valence-corrected chi connectivity index (χ2v) is 6.22. The van der Waals surface area contributed by atoms with Crippen LogP contribution in [0, 0.1) is 9.39 Å². The molecule has 0 radical (unpaired) electrons. The van der Waals surface area contributed by atoms with Gasteiger partial charge in [-0.15, -0.1) is 0 Å². The number of halogens is 2. The average Bonchev–Trinajstić information content (AvgIpc) is 2.27. The second-order valence-electron chi connectivity index (χ2n) is 3.91. The molecule has 1 aromatic carbocycles. The van der Waals surface area contributed by atoms with Gasteiger partial charge in [-0.3, -0.25) is 0 Å². The van der Waals surface area contributed by atoms with E-state index >= 15 is 0 Å². The molecule has 1 fully saturated rings. The van der Waals surface area contributed by atoms with Crippen molar-refractivity contribution in [2.24, 2.45) is 0 Å². The first-order valence-corrected chi connectivity index (χ1v) is 7.49. The lowest BCUT2D eigenvalue weighted by molar-refractivity contribution is 0.619. The van der Waals surface area contributed by atoms with Gasteiger partial charge < -0.3 is 11.1 Å². The van der Waals surface area contributed by atoms with E-state index in [1.165, 1.54) is 18.2 Å². The first-order valence-electron chi connectivity index (χ1n) is 5.25. The summed E-state index contributed by atoms with van der Waals surface area (Å²) < 4.78 is 14.0. The number of benzene rings is 1. The standard InChI is InChI=1S/C11H14FIN2S/c12-8-4-11(10(14)5-9(8)13)15-7-2-1-3-16-6-7/h4-5,7,15H,1-3,6,14H2. The smallest absolute Gasteiger partial charge is 0.138 e. The topological polar surface area (TPSA) is 38.0 Å². The highest BCUT2D eigenvalue weighted by atomic mass is 127. The first kappa shape index (κ1) is 12.3. The average molecular weight is 352 g/mol. The van der Waals surface area contributed by atoms with E-state index in [-0.39, 0.29) is 5.82 Å². The van der Waals surface area contributed by atoms with Crippen LogP contribution in [-0.4, -0.2) is 17.5 Å². The Morgan fingerprint density at radius 3 is 3.00 bits per heavy atom. The van der Waals surface area contributed by atoms with Gasteiger partial charge in [0.25, 0.3) is 0 Å². The van der Waals surface area contributed by atoms with Crippen molar-refractivity contribution in [3.05, 3.63) is 21.5 Å². The molecule has 1 aromatic rings. The third-order valence-corrected chi connectivity index (χ3v) is 4.65. The summed E-state index contributed by atoms with van der Waals surface area (Å²) in [5.74, 6) is 2.10. The van der Waals surface area contributed by atoms with Gasteiger partial charge in [-0.25, -0.2) is 4.39 Å². The van der Waals surface area contributed by atoms with Gasteiger partial charge >= 0.3 is 0 Å². The fraction of sp³-hybridized carbons (Fsp3) is 0.455. The van der Waals surface area contributed by atoms with Crippen molar-refractivity contribution in [1.29, 1.82) is 0 Å². The SMILES string of the molecule is Nc1cc(I)c(F)cc1NC1CCCSC1. The molecule has 1 saturated heterocycles. The molecule has 2 rings (SSSR count). The molecule has 2 nitrogen and oxygen atoms in total. The summed E-state index contributed by atoms with van der Waals surface area (Å²) in [6.45, 7) is 0. The van der Waals surface area contributed by atoms with Crippen LogP contribution in [0.5, 0.6) is 0 Å². The quantitative estimate of drug-likeness (QED) is 0.634. The van der Waals surface area contributed by atoms with Gasteiger partial charge in [0.1, 0.15) is 5.82 Å². The molecule has 0 spiro atoms. The molecule has 0 amide bonds. The van der Waals surface area contributed by atoms with Crippen LogP contribution in [0.1, 0.15) is 12.8 Å². The molecule has 1 aliphatic rings. The summed E-state index contributed by atoms with van der Waals surface area (Å²) in [5.41, 5.74) is 7.22. The van der Waals surface area contributed by atoms with Crippen molar-refractivity contribution in [3.63, 3.8) is 0 Å². The highest BCUT2D eigenvalue weighted by Gasteiger charge is 2.15. The Labute approximate surface area is 113 Å². The van der Waals surface area contributed by atoms with Crippen LogP contribution in [0.25, 0.3) is 0 Å². The molecule has 0 bridgehead atoms. The third kappa shape index (κ3) is 2.94. The molecule has 0 aromatic heterocycles. The molecular weight excluding hydrogens is 338 g/mol. The van der Waals surface area contributed by atoms with Crippen molar-refractivity contribution in [3.8, 4) is 0 Å². The Hall–Kier alpha value is -0.170. The number of hydrogen-bond acceptors (Lipinski definition) is 3. The van der Waals surface area contributed by atoms with E-state index in [0.29, 0.717) is 15.3 Å². The molecule has 3 N–H and O–H groups in total. The molecule has 88 valence electrons. The van der Waals surface area contributed by atoms with E-state index in [1.807, 2.05) is 34.4 Å². The van der Waals surface area contributed by atoms with Gasteiger partial charge in [0.2, 0.25) is 0 Å². The van der Waals surface area contributed by atoms with E-state index in [0.717, 1.165) is 17.9 Å². The Balaban J connectivity index is 2.11. The normalized spacial score (nSPS) is 20.8. The lowest BCUT2D eigenvalue weighted by atomic mass is 10.1. The number of thioether (sulfide) groups is 1. The Bertz CT molecular complexity index is 380. The molecule has 1 atom stereocenters. The number of nitrogens with two attached hydrogens (primary N) is 1. The van der Waals surface area contributed by atoms with E-state index in [4.69, 9.17) is 5.73 Å². The van der Waals surface area contributed by atoms with Gasteiger partial charge in [0, 0.05) is 17.9 Å². The van der Waals surface area contributed by atoms with E-state index < -0.39 is 0 Å². The maximum atomic E-state index is 13.4. The molecule has 16 heavy (non-hydrogen) atoms. The van der Waals surface area contributed by atoms with Crippen LogP contribution in [-0.2, 0) is 0 Å². The zero-order valence-electron chi connectivity index (χ0n) is 8.80. The fourth-order valence-electron chi connectivity index (χ4n) is 1.76. The van der Waals surface area contributed by atoms with Crippen LogP contribution < -0.4 is 11.1 Å². The van der Waals surface area contributed by atoms with Gasteiger partial charge in [0.05, 0.1) is 14.9 Å². The zero-order chi connectivity index (χ0) is 11.5. The Morgan fingerprint density at radius 2 is 2.31 bits per heavy atom. The summed E-state index contributed by atoms with van der Waals surface area (Å²) in [5, 5.41) is 3.33. The zero-order valence-corrected chi connectivity index (χ0v) is 11.8. The molecule has 0 saturated carbocycles. The van der Waals surface area contributed by atoms with E-state index in [1.54, 1.807) is 6.07 Å². The predicted octanol–water partition coefficient (Wildman–Crippen LogP) is 3.32. The highest BCUT2D eigenvalue weighted by molar-refractivity contribution is 14.1. The third-order valence-electron chi connectivity index (χ3n) is 2.61. The Morgan fingerprint density at radius 1 is 1.50 bits per heavy atom. The molecule has 5 heteroatoms. The number of rotatable bonds is 2. The van der Waals surface area contributed by atoms with Crippen LogP contribution in [0.3, 0.4) is 0 Å². The van der Waals surface area contributed by atoms with Crippen molar-refractivity contribution in [2.75, 3.05) is 22.6 Å². The second kappa shape index (κ2) is 5.44. The van der Waals surface area contributed by atoms with Crippen LogP contribution in [0.15, 0.2) is 12.1 Å². The van der Waals surface area contributed by atoms with Gasteiger partial charge in [-0.1, -0.05) is 0 Å². The summed E-state index contributed by atoms with van der Waals surface area (Å²) in [6.07, 6.45) is 2.36. The number of anilines is 2. The fourth-order valence-corrected chi connectivity index (χ4v) is 3.32. The maximum absolute atomic E-state index is 13.4. The maximum Gasteiger partial charge on any atom is 0.138 e.